The number of nitrogens with two attached hydrogens (primary N) is 1. The quantitative estimate of drug-likeness (QED) is 0.795. The molecule has 2 unspecified atom stereocenters. The van der Waals surface area contributed by atoms with Crippen molar-refractivity contribution in [2.75, 3.05) is 31.6 Å². The van der Waals surface area contributed by atoms with E-state index in [2.05, 4.69) is 29.0 Å². The second-order valence-corrected chi connectivity index (χ2v) is 7.04. The largest absolute Gasteiger partial charge is 0.339 e. The molecule has 0 aromatic carbocycles. The van der Waals surface area contributed by atoms with Gasteiger partial charge in [-0.15, -0.1) is 0 Å². The Morgan fingerprint density at radius 2 is 2.29 bits per heavy atom. The molecule has 120 valence electrons. The first-order valence-corrected chi connectivity index (χ1v) is 9.20. The van der Waals surface area contributed by atoms with Gasteiger partial charge in [-0.1, -0.05) is 24.9 Å². The van der Waals surface area contributed by atoms with E-state index in [4.69, 9.17) is 10.3 Å². The van der Waals surface area contributed by atoms with Gasteiger partial charge in [0.1, 0.15) is 0 Å². The molecule has 0 aliphatic carbocycles. The van der Waals surface area contributed by atoms with Crippen LogP contribution in [0, 0.1) is 5.92 Å². The molecule has 1 aromatic rings. The molecule has 0 saturated carbocycles. The van der Waals surface area contributed by atoms with Gasteiger partial charge < -0.3 is 10.3 Å². The summed E-state index contributed by atoms with van der Waals surface area (Å²) >= 11 is 1.97. The maximum Gasteiger partial charge on any atom is 0.226 e. The summed E-state index contributed by atoms with van der Waals surface area (Å²) < 4.78 is 5.44. The summed E-state index contributed by atoms with van der Waals surface area (Å²) in [6, 6.07) is 0.303. The van der Waals surface area contributed by atoms with Crippen LogP contribution in [0.5, 0.6) is 0 Å². The Balaban J connectivity index is 1.87. The lowest BCUT2D eigenvalue weighted by Crippen LogP contribution is -2.33. The number of hydrogen-bond donors (Lipinski definition) is 1. The summed E-state index contributed by atoms with van der Waals surface area (Å²) in [5.74, 6) is 4.57. The van der Waals surface area contributed by atoms with Crippen LogP contribution in [-0.2, 0) is 6.42 Å². The average molecular weight is 312 g/mol. The van der Waals surface area contributed by atoms with Crippen molar-refractivity contribution < 1.29 is 4.52 Å². The van der Waals surface area contributed by atoms with Crippen molar-refractivity contribution in [2.45, 2.75) is 45.1 Å². The average Bonchev–Trinajstić information content (AvgIpc) is 2.94. The Morgan fingerprint density at radius 1 is 1.43 bits per heavy atom. The van der Waals surface area contributed by atoms with Gasteiger partial charge in [0.25, 0.3) is 0 Å². The van der Waals surface area contributed by atoms with Crippen molar-refractivity contribution in [3.05, 3.63) is 11.7 Å². The van der Waals surface area contributed by atoms with E-state index >= 15 is 0 Å². The molecule has 2 N–H and O–H groups in total. The highest BCUT2D eigenvalue weighted by molar-refractivity contribution is 7.99. The van der Waals surface area contributed by atoms with E-state index in [1.807, 2.05) is 11.8 Å². The molecule has 6 heteroatoms. The monoisotopic (exact) mass is 312 g/mol. The predicted octanol–water partition coefficient (Wildman–Crippen LogP) is 2.49. The van der Waals surface area contributed by atoms with Crippen LogP contribution in [0.15, 0.2) is 4.52 Å². The third kappa shape index (κ3) is 4.97. The zero-order valence-corrected chi connectivity index (χ0v) is 14.1. The Hall–Kier alpha value is -0.590. The second kappa shape index (κ2) is 8.76. The molecule has 1 aromatic heterocycles. The number of thioether (sulfide) groups is 1. The number of aryl methyl sites for hydroxylation is 1. The molecule has 2 rings (SSSR count). The van der Waals surface area contributed by atoms with E-state index in [0.29, 0.717) is 12.0 Å². The molecule has 0 amide bonds. The topological polar surface area (TPSA) is 68.2 Å². The Labute approximate surface area is 132 Å². The van der Waals surface area contributed by atoms with Crippen molar-refractivity contribution in [1.29, 1.82) is 0 Å². The highest BCUT2D eigenvalue weighted by Crippen LogP contribution is 2.26. The van der Waals surface area contributed by atoms with Gasteiger partial charge in [0, 0.05) is 24.5 Å². The van der Waals surface area contributed by atoms with Crippen LogP contribution in [0.4, 0.5) is 0 Å². The Morgan fingerprint density at radius 3 is 3.00 bits per heavy atom. The SMILES string of the molecule is CCCC(CCN)CCc1nc(C2CSCCN2C)no1. The molecule has 0 bridgehead atoms. The minimum absolute atomic E-state index is 0.303. The van der Waals surface area contributed by atoms with Gasteiger partial charge in [-0.25, -0.2) is 0 Å². The van der Waals surface area contributed by atoms with Gasteiger partial charge in [-0.05, 0) is 32.4 Å². The fourth-order valence-electron chi connectivity index (χ4n) is 2.87. The summed E-state index contributed by atoms with van der Waals surface area (Å²) in [5, 5.41) is 4.19. The van der Waals surface area contributed by atoms with Gasteiger partial charge in [0.05, 0.1) is 6.04 Å². The number of aromatic nitrogens is 2. The van der Waals surface area contributed by atoms with Crippen molar-refractivity contribution in [3.63, 3.8) is 0 Å². The number of rotatable bonds is 8. The molecular weight excluding hydrogens is 284 g/mol. The first kappa shape index (κ1) is 16.8. The van der Waals surface area contributed by atoms with E-state index in [9.17, 15) is 0 Å². The van der Waals surface area contributed by atoms with Crippen LogP contribution in [0.2, 0.25) is 0 Å². The number of hydrogen-bond acceptors (Lipinski definition) is 6. The molecule has 1 fully saturated rings. The van der Waals surface area contributed by atoms with Crippen LogP contribution in [0.25, 0.3) is 0 Å². The molecule has 1 aliphatic heterocycles. The molecule has 1 saturated heterocycles. The fraction of sp³-hybridized carbons (Fsp3) is 0.867. The van der Waals surface area contributed by atoms with E-state index < -0.39 is 0 Å². The Kier molecular flexibility index (Phi) is 6.99. The van der Waals surface area contributed by atoms with Crippen molar-refractivity contribution in [1.82, 2.24) is 15.0 Å². The minimum atomic E-state index is 0.303. The zero-order valence-electron chi connectivity index (χ0n) is 13.3. The van der Waals surface area contributed by atoms with E-state index in [0.717, 1.165) is 49.8 Å². The van der Waals surface area contributed by atoms with Crippen molar-refractivity contribution in [2.24, 2.45) is 11.7 Å². The van der Waals surface area contributed by atoms with Crippen LogP contribution in [0.1, 0.15) is 50.4 Å². The third-order valence-corrected chi connectivity index (χ3v) is 5.24. The van der Waals surface area contributed by atoms with E-state index in [1.165, 1.54) is 18.6 Å². The summed E-state index contributed by atoms with van der Waals surface area (Å²) in [6.45, 7) is 4.09. The molecule has 0 spiro atoms. The summed E-state index contributed by atoms with van der Waals surface area (Å²) in [7, 11) is 2.14. The lowest BCUT2D eigenvalue weighted by molar-refractivity contribution is 0.256. The first-order valence-electron chi connectivity index (χ1n) is 8.05. The van der Waals surface area contributed by atoms with Crippen molar-refractivity contribution in [3.8, 4) is 0 Å². The van der Waals surface area contributed by atoms with E-state index in [1.54, 1.807) is 0 Å². The maximum absolute atomic E-state index is 5.69. The van der Waals surface area contributed by atoms with Gasteiger partial charge in [-0.3, -0.25) is 4.90 Å². The Bertz CT molecular complexity index is 406. The van der Waals surface area contributed by atoms with Crippen LogP contribution in [0.3, 0.4) is 0 Å². The predicted molar refractivity (Wildman–Crippen MR) is 87.4 cm³/mol. The van der Waals surface area contributed by atoms with Crippen molar-refractivity contribution >= 4 is 11.8 Å². The minimum Gasteiger partial charge on any atom is -0.339 e. The lowest BCUT2D eigenvalue weighted by Gasteiger charge is -2.29. The molecule has 0 radical (unpaired) electrons. The molecule has 2 heterocycles. The highest BCUT2D eigenvalue weighted by atomic mass is 32.2. The fourth-order valence-corrected chi connectivity index (χ4v) is 4.08. The second-order valence-electron chi connectivity index (χ2n) is 5.89. The van der Waals surface area contributed by atoms with Crippen LogP contribution < -0.4 is 5.73 Å². The zero-order chi connectivity index (χ0) is 15.1. The third-order valence-electron chi connectivity index (χ3n) is 4.22. The molecule has 5 nitrogen and oxygen atoms in total. The first-order chi connectivity index (χ1) is 10.2. The van der Waals surface area contributed by atoms with E-state index in [-0.39, 0.29) is 0 Å². The molecule has 21 heavy (non-hydrogen) atoms. The number of nitrogens with zero attached hydrogens (tertiary/aromatic N) is 3. The smallest absolute Gasteiger partial charge is 0.226 e. The molecular formula is C15H28N4OS. The lowest BCUT2D eigenvalue weighted by atomic mass is 9.94. The standard InChI is InChI=1S/C15H28N4OS/c1-3-4-12(7-8-16)5-6-14-17-15(18-20-14)13-11-21-10-9-19(13)2/h12-13H,3-11,16H2,1-2H3. The van der Waals surface area contributed by atoms with Gasteiger partial charge in [0.2, 0.25) is 5.89 Å². The van der Waals surface area contributed by atoms with Gasteiger partial charge in [-0.2, -0.15) is 16.7 Å². The normalized spacial score (nSPS) is 21.6. The van der Waals surface area contributed by atoms with Gasteiger partial charge in [0.15, 0.2) is 5.82 Å². The van der Waals surface area contributed by atoms with Crippen LogP contribution >= 0.6 is 11.8 Å². The van der Waals surface area contributed by atoms with Gasteiger partial charge >= 0.3 is 0 Å². The molecule has 2 atom stereocenters. The summed E-state index contributed by atoms with van der Waals surface area (Å²) in [6.07, 6.45) is 5.52. The summed E-state index contributed by atoms with van der Waals surface area (Å²) in [5.41, 5.74) is 5.69. The molecule has 1 aliphatic rings. The summed E-state index contributed by atoms with van der Waals surface area (Å²) in [4.78, 5) is 6.93. The highest BCUT2D eigenvalue weighted by Gasteiger charge is 2.25. The van der Waals surface area contributed by atoms with Crippen LogP contribution in [-0.4, -0.2) is 46.7 Å². The maximum atomic E-state index is 5.69.